The van der Waals surface area contributed by atoms with Crippen molar-refractivity contribution in [3.05, 3.63) is 52.0 Å². The highest BCUT2D eigenvalue weighted by molar-refractivity contribution is 7.09. The van der Waals surface area contributed by atoms with Crippen LogP contribution in [0.25, 0.3) is 0 Å². The highest BCUT2D eigenvalue weighted by Crippen LogP contribution is 2.26. The number of aliphatic hydroxyl groups is 1. The van der Waals surface area contributed by atoms with Crippen LogP contribution < -0.4 is 0 Å². The lowest BCUT2D eigenvalue weighted by Gasteiger charge is -2.09. The minimum absolute atomic E-state index is 0.0562. The van der Waals surface area contributed by atoms with Gasteiger partial charge in [-0.1, -0.05) is 6.07 Å². The summed E-state index contributed by atoms with van der Waals surface area (Å²) in [4.78, 5) is 4.31. The number of thiazole rings is 1. The first kappa shape index (κ1) is 10.2. The van der Waals surface area contributed by atoms with Crippen molar-refractivity contribution in [2.75, 3.05) is 0 Å². The van der Waals surface area contributed by atoms with Crippen LogP contribution in [0.5, 0.6) is 0 Å². The lowest BCUT2D eigenvalue weighted by Crippen LogP contribution is -2.00. The van der Waals surface area contributed by atoms with Crippen LogP contribution in [0.4, 0.5) is 8.78 Å². The Morgan fingerprint density at radius 2 is 2.13 bits per heavy atom. The van der Waals surface area contributed by atoms with Gasteiger partial charge >= 0.3 is 0 Å². The number of aromatic nitrogens is 1. The zero-order valence-corrected chi connectivity index (χ0v) is 8.34. The first-order valence-electron chi connectivity index (χ1n) is 4.20. The third kappa shape index (κ3) is 2.03. The summed E-state index contributed by atoms with van der Waals surface area (Å²) >= 11 is 1.22. The lowest BCUT2D eigenvalue weighted by molar-refractivity contribution is 0.218. The van der Waals surface area contributed by atoms with Crippen molar-refractivity contribution in [3.63, 3.8) is 0 Å². The SMILES string of the molecule is OC(c1cncs1)c1ccc(F)cc1F. The molecular weight excluding hydrogens is 220 g/mol. The van der Waals surface area contributed by atoms with Gasteiger partial charge in [0.05, 0.1) is 10.4 Å². The van der Waals surface area contributed by atoms with Crippen molar-refractivity contribution >= 4 is 11.3 Å². The highest BCUT2D eigenvalue weighted by atomic mass is 32.1. The average Bonchev–Trinajstić information content (AvgIpc) is 2.69. The molecule has 0 spiro atoms. The number of nitrogens with zero attached hydrogens (tertiary/aromatic N) is 1. The van der Waals surface area contributed by atoms with E-state index in [4.69, 9.17) is 0 Å². The molecule has 0 aliphatic rings. The molecule has 0 amide bonds. The van der Waals surface area contributed by atoms with Crippen LogP contribution in [0.3, 0.4) is 0 Å². The molecule has 0 aliphatic heterocycles. The Balaban J connectivity index is 2.38. The molecule has 0 aliphatic carbocycles. The molecule has 1 aromatic heterocycles. The summed E-state index contributed by atoms with van der Waals surface area (Å²) in [6.07, 6.45) is 0.371. The lowest BCUT2D eigenvalue weighted by atomic mass is 10.1. The Kier molecular flexibility index (Phi) is 2.75. The maximum absolute atomic E-state index is 13.3. The van der Waals surface area contributed by atoms with Gasteiger partial charge in [-0.2, -0.15) is 0 Å². The molecule has 0 bridgehead atoms. The van der Waals surface area contributed by atoms with Gasteiger partial charge in [0, 0.05) is 17.8 Å². The summed E-state index contributed by atoms with van der Waals surface area (Å²) < 4.78 is 25.9. The van der Waals surface area contributed by atoms with E-state index in [9.17, 15) is 13.9 Å². The van der Waals surface area contributed by atoms with Crippen molar-refractivity contribution < 1.29 is 13.9 Å². The van der Waals surface area contributed by atoms with Gasteiger partial charge < -0.3 is 5.11 Å². The van der Waals surface area contributed by atoms with Crippen LogP contribution in [0.2, 0.25) is 0 Å². The molecule has 78 valence electrons. The van der Waals surface area contributed by atoms with Crippen molar-refractivity contribution in [3.8, 4) is 0 Å². The average molecular weight is 227 g/mol. The van der Waals surface area contributed by atoms with Crippen LogP contribution >= 0.6 is 11.3 Å². The molecule has 1 aromatic carbocycles. The number of benzene rings is 1. The zero-order chi connectivity index (χ0) is 10.8. The molecule has 0 fully saturated rings. The minimum atomic E-state index is -1.09. The second-order valence-electron chi connectivity index (χ2n) is 2.97. The van der Waals surface area contributed by atoms with Gasteiger partial charge in [-0.05, 0) is 6.07 Å². The third-order valence-electron chi connectivity index (χ3n) is 1.98. The summed E-state index contributed by atoms with van der Waals surface area (Å²) in [6.45, 7) is 0. The van der Waals surface area contributed by atoms with Gasteiger partial charge in [-0.3, -0.25) is 4.98 Å². The van der Waals surface area contributed by atoms with Gasteiger partial charge in [0.2, 0.25) is 0 Å². The summed E-state index contributed by atoms with van der Waals surface area (Å²) in [6, 6.07) is 3.09. The van der Waals surface area contributed by atoms with Gasteiger partial charge in [-0.15, -0.1) is 11.3 Å². The standard InChI is InChI=1S/C10H7F2NOS/c11-6-1-2-7(8(12)3-6)10(14)9-4-13-5-15-9/h1-5,10,14H. The Labute approximate surface area is 88.8 Å². The molecule has 5 heteroatoms. The van der Waals surface area contributed by atoms with E-state index in [-0.39, 0.29) is 5.56 Å². The predicted octanol–water partition coefficient (Wildman–Crippen LogP) is 2.50. The van der Waals surface area contributed by atoms with Crippen molar-refractivity contribution in [2.24, 2.45) is 0 Å². The summed E-state index contributed by atoms with van der Waals surface area (Å²) in [7, 11) is 0. The Morgan fingerprint density at radius 1 is 1.33 bits per heavy atom. The van der Waals surface area contributed by atoms with Crippen molar-refractivity contribution in [1.29, 1.82) is 0 Å². The maximum Gasteiger partial charge on any atom is 0.132 e. The fraction of sp³-hybridized carbons (Fsp3) is 0.100. The molecule has 15 heavy (non-hydrogen) atoms. The molecule has 2 rings (SSSR count). The molecule has 1 atom stereocenters. The van der Waals surface area contributed by atoms with Crippen LogP contribution in [0.15, 0.2) is 29.9 Å². The summed E-state index contributed by atoms with van der Waals surface area (Å²) in [5, 5.41) is 9.76. The number of hydrogen-bond donors (Lipinski definition) is 1. The molecule has 0 saturated heterocycles. The van der Waals surface area contributed by atoms with Gasteiger partial charge in [0.1, 0.15) is 17.7 Å². The predicted molar refractivity (Wildman–Crippen MR) is 52.5 cm³/mol. The molecule has 1 heterocycles. The van der Waals surface area contributed by atoms with Crippen LogP contribution in [-0.4, -0.2) is 10.1 Å². The Morgan fingerprint density at radius 3 is 2.73 bits per heavy atom. The minimum Gasteiger partial charge on any atom is -0.383 e. The largest absolute Gasteiger partial charge is 0.383 e. The fourth-order valence-corrected chi connectivity index (χ4v) is 1.86. The topological polar surface area (TPSA) is 33.1 Å². The smallest absolute Gasteiger partial charge is 0.132 e. The number of halogens is 2. The van der Waals surface area contributed by atoms with E-state index in [0.717, 1.165) is 12.1 Å². The van der Waals surface area contributed by atoms with Crippen LogP contribution in [0, 0.1) is 11.6 Å². The summed E-state index contributed by atoms with van der Waals surface area (Å²) in [5.74, 6) is -1.41. The van der Waals surface area contributed by atoms with E-state index >= 15 is 0 Å². The zero-order valence-electron chi connectivity index (χ0n) is 7.52. The van der Waals surface area contributed by atoms with Gasteiger partial charge in [0.25, 0.3) is 0 Å². The second-order valence-corrected chi connectivity index (χ2v) is 3.89. The molecule has 0 radical (unpaired) electrons. The highest BCUT2D eigenvalue weighted by Gasteiger charge is 2.16. The number of aliphatic hydroxyl groups excluding tert-OH is 1. The molecule has 1 N–H and O–H groups in total. The molecule has 2 aromatic rings. The Hall–Kier alpha value is -1.33. The van der Waals surface area contributed by atoms with E-state index in [1.54, 1.807) is 5.51 Å². The van der Waals surface area contributed by atoms with Crippen molar-refractivity contribution in [2.45, 2.75) is 6.10 Å². The molecule has 1 unspecified atom stereocenters. The normalized spacial score (nSPS) is 12.7. The Bertz CT molecular complexity index is 458. The fourth-order valence-electron chi connectivity index (χ4n) is 1.24. The first-order valence-corrected chi connectivity index (χ1v) is 5.08. The van der Waals surface area contributed by atoms with Crippen molar-refractivity contribution in [1.82, 2.24) is 4.98 Å². The summed E-state index contributed by atoms with van der Waals surface area (Å²) in [5.41, 5.74) is 1.60. The monoisotopic (exact) mass is 227 g/mol. The second kappa shape index (κ2) is 4.04. The molecule has 2 nitrogen and oxygen atoms in total. The maximum atomic E-state index is 13.3. The number of hydrogen-bond acceptors (Lipinski definition) is 3. The van der Waals surface area contributed by atoms with E-state index in [0.29, 0.717) is 4.88 Å². The molecule has 0 saturated carbocycles. The number of rotatable bonds is 2. The van der Waals surface area contributed by atoms with Crippen LogP contribution in [-0.2, 0) is 0 Å². The van der Waals surface area contributed by atoms with Gasteiger partial charge in [-0.25, -0.2) is 8.78 Å². The third-order valence-corrected chi connectivity index (χ3v) is 2.81. The van der Waals surface area contributed by atoms with E-state index in [1.165, 1.54) is 23.6 Å². The van der Waals surface area contributed by atoms with Gasteiger partial charge in [0.15, 0.2) is 0 Å². The molecular formula is C10H7F2NOS. The van der Waals surface area contributed by atoms with Crippen LogP contribution in [0.1, 0.15) is 16.5 Å². The first-order chi connectivity index (χ1) is 7.18. The quantitative estimate of drug-likeness (QED) is 0.855. The van der Waals surface area contributed by atoms with E-state index < -0.39 is 17.7 Å². The van der Waals surface area contributed by atoms with E-state index in [2.05, 4.69) is 4.98 Å². The van der Waals surface area contributed by atoms with E-state index in [1.807, 2.05) is 0 Å².